The maximum Gasteiger partial charge on any atom is 0.326 e. The molecule has 0 spiro atoms. The Kier molecular flexibility index (Phi) is 6.03. The van der Waals surface area contributed by atoms with E-state index in [-0.39, 0.29) is 10.6 Å². The fourth-order valence-corrected chi connectivity index (χ4v) is 3.68. The molecule has 0 unspecified atom stereocenters. The molecule has 0 atom stereocenters. The quantitative estimate of drug-likeness (QED) is 0.707. The average Bonchev–Trinajstić information content (AvgIpc) is 2.60. The van der Waals surface area contributed by atoms with Gasteiger partial charge in [0, 0.05) is 0 Å². The van der Waals surface area contributed by atoms with Gasteiger partial charge in [0.1, 0.15) is 12.3 Å². The third-order valence-corrected chi connectivity index (χ3v) is 5.32. The first-order chi connectivity index (χ1) is 11.9. The molecule has 0 fully saturated rings. The molecule has 0 aliphatic carbocycles. The molecule has 0 N–H and O–H groups in total. The van der Waals surface area contributed by atoms with Gasteiger partial charge in [-0.3, -0.25) is 9.10 Å². The number of hydrogen-bond donors (Lipinski definition) is 0. The van der Waals surface area contributed by atoms with E-state index < -0.39 is 22.5 Å². The zero-order chi connectivity index (χ0) is 18.4. The molecule has 0 saturated carbocycles. The maximum atomic E-state index is 13.1. The minimum atomic E-state index is -3.96. The van der Waals surface area contributed by atoms with Crippen molar-refractivity contribution < 1.29 is 22.7 Å². The summed E-state index contributed by atoms with van der Waals surface area (Å²) in [7, 11) is -2.75. The minimum absolute atomic E-state index is 0.0910. The highest BCUT2D eigenvalue weighted by Crippen LogP contribution is 2.32. The van der Waals surface area contributed by atoms with Crippen molar-refractivity contribution in [1.29, 1.82) is 0 Å². The van der Waals surface area contributed by atoms with Crippen molar-refractivity contribution >= 4 is 21.7 Å². The number of aryl methyl sites for hydroxylation is 1. The van der Waals surface area contributed by atoms with Gasteiger partial charge in [-0.05, 0) is 38.1 Å². The predicted octanol–water partition coefficient (Wildman–Crippen LogP) is 2.76. The Bertz CT molecular complexity index is 831. The Morgan fingerprint density at radius 2 is 1.72 bits per heavy atom. The second-order valence-electron chi connectivity index (χ2n) is 5.30. The number of benzene rings is 2. The zero-order valence-corrected chi connectivity index (χ0v) is 15.2. The summed E-state index contributed by atoms with van der Waals surface area (Å²) in [6, 6.07) is 13.1. The van der Waals surface area contributed by atoms with Crippen molar-refractivity contribution in [1.82, 2.24) is 0 Å². The third-order valence-electron chi connectivity index (χ3n) is 3.54. The van der Waals surface area contributed by atoms with E-state index in [1.807, 2.05) is 6.92 Å². The van der Waals surface area contributed by atoms with E-state index in [0.29, 0.717) is 12.4 Å². The van der Waals surface area contributed by atoms with E-state index >= 15 is 0 Å². The predicted molar refractivity (Wildman–Crippen MR) is 95.3 cm³/mol. The number of rotatable bonds is 7. The molecule has 0 aromatic heterocycles. The van der Waals surface area contributed by atoms with E-state index in [2.05, 4.69) is 4.74 Å². The highest BCUT2D eigenvalue weighted by atomic mass is 32.2. The molecule has 0 heterocycles. The summed E-state index contributed by atoms with van der Waals surface area (Å²) in [6.45, 7) is 3.59. The molecule has 0 radical (unpaired) electrons. The summed E-state index contributed by atoms with van der Waals surface area (Å²) in [5.41, 5.74) is 1.23. The molecule has 0 bridgehead atoms. The summed E-state index contributed by atoms with van der Waals surface area (Å²) in [4.78, 5) is 11.9. The number of nitrogens with zero attached hydrogens (tertiary/aromatic N) is 1. The third kappa shape index (κ3) is 4.30. The lowest BCUT2D eigenvalue weighted by molar-refractivity contribution is -0.138. The van der Waals surface area contributed by atoms with Crippen LogP contribution in [0.4, 0.5) is 5.69 Å². The lowest BCUT2D eigenvalue weighted by Gasteiger charge is -2.25. The van der Waals surface area contributed by atoms with Crippen LogP contribution in [-0.4, -0.2) is 34.6 Å². The molecule has 0 aliphatic heterocycles. The van der Waals surface area contributed by atoms with Crippen LogP contribution in [-0.2, 0) is 19.6 Å². The summed E-state index contributed by atoms with van der Waals surface area (Å²) in [5.74, 6) is -0.286. The van der Waals surface area contributed by atoms with Crippen LogP contribution in [0.1, 0.15) is 12.5 Å². The molecule has 0 saturated heterocycles. The largest absolute Gasteiger partial charge is 0.492 e. The van der Waals surface area contributed by atoms with Gasteiger partial charge in [0.05, 0.1) is 24.3 Å². The van der Waals surface area contributed by atoms with Crippen molar-refractivity contribution in [3.63, 3.8) is 0 Å². The molecule has 2 aromatic carbocycles. The first-order valence-electron chi connectivity index (χ1n) is 7.78. The number of ether oxygens (including phenoxy) is 2. The molecule has 0 aliphatic rings. The van der Waals surface area contributed by atoms with Gasteiger partial charge in [-0.2, -0.15) is 0 Å². The molecule has 134 valence electrons. The normalized spacial score (nSPS) is 11.0. The van der Waals surface area contributed by atoms with Gasteiger partial charge in [-0.1, -0.05) is 29.8 Å². The molecule has 0 amide bonds. The molecule has 25 heavy (non-hydrogen) atoms. The Balaban J connectivity index is 2.56. The van der Waals surface area contributed by atoms with Crippen molar-refractivity contribution in [2.45, 2.75) is 18.7 Å². The second-order valence-corrected chi connectivity index (χ2v) is 7.16. The Morgan fingerprint density at radius 3 is 2.32 bits per heavy atom. The van der Waals surface area contributed by atoms with Crippen LogP contribution in [0.25, 0.3) is 0 Å². The van der Waals surface area contributed by atoms with Crippen LogP contribution in [0.2, 0.25) is 0 Å². The van der Waals surface area contributed by atoms with Crippen molar-refractivity contribution in [2.75, 3.05) is 24.6 Å². The Labute approximate surface area is 148 Å². The fourth-order valence-electron chi connectivity index (χ4n) is 2.26. The first kappa shape index (κ1) is 18.8. The molecular formula is C18H21NO5S. The van der Waals surface area contributed by atoms with Crippen LogP contribution in [0, 0.1) is 6.92 Å². The lowest BCUT2D eigenvalue weighted by Crippen LogP contribution is -2.36. The van der Waals surface area contributed by atoms with E-state index in [1.54, 1.807) is 43.3 Å². The number of carbonyl (C=O) groups excluding carboxylic acids is 1. The smallest absolute Gasteiger partial charge is 0.326 e. The monoisotopic (exact) mass is 363 g/mol. The van der Waals surface area contributed by atoms with Crippen LogP contribution in [0.3, 0.4) is 0 Å². The van der Waals surface area contributed by atoms with Gasteiger partial charge in [0.2, 0.25) is 0 Å². The zero-order valence-electron chi connectivity index (χ0n) is 14.4. The number of methoxy groups -OCH3 is 1. The first-order valence-corrected chi connectivity index (χ1v) is 9.22. The number of para-hydroxylation sites is 2. The van der Waals surface area contributed by atoms with E-state index in [1.165, 1.54) is 19.2 Å². The molecule has 7 heteroatoms. The van der Waals surface area contributed by atoms with Crippen LogP contribution >= 0.6 is 0 Å². The molecule has 2 aromatic rings. The standard InChI is InChI=1S/C18H21NO5S/c1-4-24-17-8-6-5-7-16(17)19(13-18(20)23-3)25(21,22)15-11-9-14(2)10-12-15/h5-12H,4,13H2,1-3H3. The average molecular weight is 363 g/mol. The van der Waals surface area contributed by atoms with Gasteiger partial charge < -0.3 is 9.47 Å². The second kappa shape index (κ2) is 8.02. The minimum Gasteiger partial charge on any atom is -0.492 e. The number of carbonyl (C=O) groups is 1. The van der Waals surface area contributed by atoms with E-state index in [9.17, 15) is 13.2 Å². The van der Waals surface area contributed by atoms with Gasteiger partial charge in [-0.15, -0.1) is 0 Å². The number of anilines is 1. The van der Waals surface area contributed by atoms with Crippen molar-refractivity contribution in [3.05, 3.63) is 54.1 Å². The fraction of sp³-hybridized carbons (Fsp3) is 0.278. The SMILES string of the molecule is CCOc1ccccc1N(CC(=O)OC)S(=O)(=O)c1ccc(C)cc1. The Morgan fingerprint density at radius 1 is 1.08 bits per heavy atom. The van der Waals surface area contributed by atoms with Gasteiger partial charge >= 0.3 is 5.97 Å². The van der Waals surface area contributed by atoms with Crippen LogP contribution < -0.4 is 9.04 Å². The van der Waals surface area contributed by atoms with Gasteiger partial charge in [0.15, 0.2) is 0 Å². The highest BCUT2D eigenvalue weighted by molar-refractivity contribution is 7.92. The van der Waals surface area contributed by atoms with E-state index in [4.69, 9.17) is 4.74 Å². The summed E-state index contributed by atoms with van der Waals surface area (Å²) >= 11 is 0. The summed E-state index contributed by atoms with van der Waals surface area (Å²) in [5, 5.41) is 0. The number of sulfonamides is 1. The van der Waals surface area contributed by atoms with Crippen LogP contribution in [0.5, 0.6) is 5.75 Å². The lowest BCUT2D eigenvalue weighted by atomic mass is 10.2. The van der Waals surface area contributed by atoms with E-state index in [0.717, 1.165) is 9.87 Å². The summed E-state index contributed by atoms with van der Waals surface area (Å²) < 4.78 is 37.4. The highest BCUT2D eigenvalue weighted by Gasteiger charge is 2.29. The van der Waals surface area contributed by atoms with Crippen molar-refractivity contribution in [3.8, 4) is 5.75 Å². The molecular weight excluding hydrogens is 342 g/mol. The topological polar surface area (TPSA) is 72.9 Å². The number of esters is 1. The van der Waals surface area contributed by atoms with Gasteiger partial charge in [0.25, 0.3) is 10.0 Å². The van der Waals surface area contributed by atoms with Crippen LogP contribution in [0.15, 0.2) is 53.4 Å². The number of hydrogen-bond acceptors (Lipinski definition) is 5. The molecule has 2 rings (SSSR count). The summed E-state index contributed by atoms with van der Waals surface area (Å²) in [6.07, 6.45) is 0. The molecule has 6 nitrogen and oxygen atoms in total. The Hall–Kier alpha value is -2.54. The van der Waals surface area contributed by atoms with Crippen molar-refractivity contribution in [2.24, 2.45) is 0 Å². The maximum absolute atomic E-state index is 13.1. The van der Waals surface area contributed by atoms with Gasteiger partial charge in [-0.25, -0.2) is 8.42 Å².